The zero-order valence-electron chi connectivity index (χ0n) is 13.5. The maximum Gasteiger partial charge on any atom is 0.188 e. The van der Waals surface area contributed by atoms with Gasteiger partial charge in [0.25, 0.3) is 0 Å². The number of nitrogens with zero attached hydrogens (tertiary/aromatic N) is 3. The van der Waals surface area contributed by atoms with Crippen LogP contribution in [0.3, 0.4) is 0 Å². The maximum absolute atomic E-state index is 4.73. The highest BCUT2D eigenvalue weighted by molar-refractivity contribution is 7.18. The average molecular weight is 336 g/mol. The monoisotopic (exact) mass is 336 g/mol. The van der Waals surface area contributed by atoms with Crippen molar-refractivity contribution in [2.24, 2.45) is 0 Å². The molecule has 0 amide bonds. The first-order valence-electron chi connectivity index (χ1n) is 8.33. The van der Waals surface area contributed by atoms with Crippen LogP contribution in [0.25, 0.3) is 10.4 Å². The molecule has 2 aromatic heterocycles. The van der Waals surface area contributed by atoms with E-state index in [1.165, 1.54) is 31.5 Å². The van der Waals surface area contributed by atoms with Gasteiger partial charge >= 0.3 is 0 Å². The quantitative estimate of drug-likeness (QED) is 0.742. The summed E-state index contributed by atoms with van der Waals surface area (Å²) >= 11 is 1.65. The summed E-state index contributed by atoms with van der Waals surface area (Å²) < 4.78 is 0. The molecule has 1 aliphatic heterocycles. The number of hydrogen-bond donors (Lipinski definition) is 1. The van der Waals surface area contributed by atoms with Crippen LogP contribution in [0.15, 0.2) is 54.7 Å². The standard InChI is InChI=1S/C19H20N4S/c1-2-7-15(8-3-1)17-13-20-19(24-17)22-18-10-6-9-16(21-18)14-23-11-4-5-12-23/h1-3,6-10,13H,4-5,11-12,14H2,(H,20,21,22). The molecule has 0 unspecified atom stereocenters. The molecule has 0 atom stereocenters. The molecule has 0 saturated carbocycles. The van der Waals surface area contributed by atoms with E-state index in [0.717, 1.165) is 28.1 Å². The Bertz CT molecular complexity index is 794. The number of nitrogens with one attached hydrogen (secondary N) is 1. The second-order valence-corrected chi connectivity index (χ2v) is 7.05. The number of anilines is 2. The lowest BCUT2D eigenvalue weighted by molar-refractivity contribution is 0.327. The Balaban J connectivity index is 1.46. The molecule has 0 aliphatic carbocycles. The van der Waals surface area contributed by atoms with Gasteiger partial charge in [-0.05, 0) is 43.6 Å². The van der Waals surface area contributed by atoms with E-state index in [1.54, 1.807) is 11.3 Å². The van der Waals surface area contributed by atoms with Gasteiger partial charge in [0.1, 0.15) is 5.82 Å². The molecular formula is C19H20N4S. The molecule has 1 aromatic carbocycles. The van der Waals surface area contributed by atoms with E-state index in [2.05, 4.69) is 39.5 Å². The minimum Gasteiger partial charge on any atom is -0.316 e. The lowest BCUT2D eigenvalue weighted by atomic mass is 10.2. The summed E-state index contributed by atoms with van der Waals surface area (Å²) in [5.74, 6) is 0.862. The van der Waals surface area contributed by atoms with Gasteiger partial charge in [-0.25, -0.2) is 9.97 Å². The first kappa shape index (κ1) is 15.3. The summed E-state index contributed by atoms with van der Waals surface area (Å²) in [7, 11) is 0. The third-order valence-corrected chi connectivity index (χ3v) is 5.15. The molecule has 3 heterocycles. The number of thiazole rings is 1. The van der Waals surface area contributed by atoms with Crippen molar-refractivity contribution in [3.8, 4) is 10.4 Å². The summed E-state index contributed by atoms with van der Waals surface area (Å²) in [6.45, 7) is 3.31. The molecule has 24 heavy (non-hydrogen) atoms. The second kappa shape index (κ2) is 7.11. The van der Waals surface area contributed by atoms with Gasteiger partial charge in [-0.1, -0.05) is 47.7 Å². The molecule has 1 fully saturated rings. The summed E-state index contributed by atoms with van der Waals surface area (Å²) in [6.07, 6.45) is 4.52. The molecule has 0 spiro atoms. The third kappa shape index (κ3) is 3.63. The fourth-order valence-electron chi connectivity index (χ4n) is 2.98. The van der Waals surface area contributed by atoms with E-state index >= 15 is 0 Å². The van der Waals surface area contributed by atoms with Crippen molar-refractivity contribution in [1.29, 1.82) is 0 Å². The van der Waals surface area contributed by atoms with Crippen molar-refractivity contribution in [1.82, 2.24) is 14.9 Å². The van der Waals surface area contributed by atoms with Gasteiger partial charge < -0.3 is 5.32 Å². The number of pyridine rings is 1. The van der Waals surface area contributed by atoms with Crippen LogP contribution < -0.4 is 5.32 Å². The predicted octanol–water partition coefficient (Wildman–Crippen LogP) is 4.54. The van der Waals surface area contributed by atoms with Gasteiger partial charge in [0.15, 0.2) is 5.13 Å². The molecule has 1 N–H and O–H groups in total. The van der Waals surface area contributed by atoms with Gasteiger partial charge in [-0.3, -0.25) is 4.90 Å². The van der Waals surface area contributed by atoms with Crippen LogP contribution in [0.5, 0.6) is 0 Å². The Morgan fingerprint density at radius 2 is 1.83 bits per heavy atom. The second-order valence-electron chi connectivity index (χ2n) is 6.02. The molecule has 1 saturated heterocycles. The molecule has 5 heteroatoms. The summed E-state index contributed by atoms with van der Waals surface area (Å²) in [5.41, 5.74) is 2.31. The highest BCUT2D eigenvalue weighted by Gasteiger charge is 2.12. The Morgan fingerprint density at radius 1 is 1.00 bits per heavy atom. The molecular weight excluding hydrogens is 316 g/mol. The molecule has 3 aromatic rings. The van der Waals surface area contributed by atoms with E-state index in [9.17, 15) is 0 Å². The topological polar surface area (TPSA) is 41.1 Å². The fourth-order valence-corrected chi connectivity index (χ4v) is 3.81. The van der Waals surface area contributed by atoms with E-state index < -0.39 is 0 Å². The summed E-state index contributed by atoms with van der Waals surface area (Å²) in [6, 6.07) is 16.5. The molecule has 4 rings (SSSR count). The van der Waals surface area contributed by atoms with Crippen molar-refractivity contribution < 1.29 is 0 Å². The largest absolute Gasteiger partial charge is 0.316 e. The van der Waals surface area contributed by atoms with Crippen molar-refractivity contribution in [2.45, 2.75) is 19.4 Å². The zero-order chi connectivity index (χ0) is 16.2. The SMILES string of the molecule is c1ccc(-c2cnc(Nc3cccc(CN4CCCC4)n3)s2)cc1. The lowest BCUT2D eigenvalue weighted by Gasteiger charge is -2.14. The maximum atomic E-state index is 4.73. The van der Waals surface area contributed by atoms with Crippen LogP contribution in [0, 0.1) is 0 Å². The first-order chi connectivity index (χ1) is 11.9. The Morgan fingerprint density at radius 3 is 2.67 bits per heavy atom. The summed E-state index contributed by atoms with van der Waals surface area (Å²) in [4.78, 5) is 12.8. The van der Waals surface area contributed by atoms with Crippen molar-refractivity contribution in [2.75, 3.05) is 18.4 Å². The molecule has 1 aliphatic rings. The van der Waals surface area contributed by atoms with Gasteiger partial charge in [-0.15, -0.1) is 0 Å². The van der Waals surface area contributed by atoms with E-state index in [1.807, 2.05) is 30.5 Å². The number of likely N-dealkylation sites (tertiary alicyclic amines) is 1. The average Bonchev–Trinajstić information content (AvgIpc) is 3.28. The molecule has 0 radical (unpaired) electrons. The smallest absolute Gasteiger partial charge is 0.188 e. The summed E-state index contributed by atoms with van der Waals surface area (Å²) in [5, 5.41) is 4.21. The normalized spacial score (nSPS) is 14.8. The highest BCUT2D eigenvalue weighted by atomic mass is 32.1. The predicted molar refractivity (Wildman–Crippen MR) is 99.6 cm³/mol. The Hall–Kier alpha value is -2.24. The number of aromatic nitrogens is 2. The van der Waals surface area contributed by atoms with Crippen LogP contribution in [0.1, 0.15) is 18.5 Å². The van der Waals surface area contributed by atoms with Gasteiger partial charge in [-0.2, -0.15) is 0 Å². The van der Waals surface area contributed by atoms with Gasteiger partial charge in [0, 0.05) is 12.7 Å². The van der Waals surface area contributed by atoms with E-state index in [-0.39, 0.29) is 0 Å². The molecule has 0 bridgehead atoms. The Labute approximate surface area is 146 Å². The van der Waals surface area contributed by atoms with Crippen LogP contribution in [-0.2, 0) is 6.54 Å². The molecule has 122 valence electrons. The van der Waals surface area contributed by atoms with Gasteiger partial charge in [0.2, 0.25) is 0 Å². The minimum absolute atomic E-state index is 0.862. The zero-order valence-corrected chi connectivity index (χ0v) is 14.3. The third-order valence-electron chi connectivity index (χ3n) is 4.19. The first-order valence-corrected chi connectivity index (χ1v) is 9.15. The van der Waals surface area contributed by atoms with Crippen molar-refractivity contribution in [3.05, 3.63) is 60.4 Å². The minimum atomic E-state index is 0.862. The van der Waals surface area contributed by atoms with Crippen LogP contribution >= 0.6 is 11.3 Å². The number of benzene rings is 1. The van der Waals surface area contributed by atoms with Crippen molar-refractivity contribution in [3.63, 3.8) is 0 Å². The lowest BCUT2D eigenvalue weighted by Crippen LogP contribution is -2.19. The Kier molecular flexibility index (Phi) is 4.53. The molecule has 4 nitrogen and oxygen atoms in total. The number of hydrogen-bond acceptors (Lipinski definition) is 5. The van der Waals surface area contributed by atoms with Crippen LogP contribution in [0.4, 0.5) is 10.9 Å². The number of rotatable bonds is 5. The van der Waals surface area contributed by atoms with Crippen LogP contribution in [-0.4, -0.2) is 28.0 Å². The van der Waals surface area contributed by atoms with Crippen molar-refractivity contribution >= 4 is 22.3 Å². The highest BCUT2D eigenvalue weighted by Crippen LogP contribution is 2.30. The van der Waals surface area contributed by atoms with Gasteiger partial charge in [0.05, 0.1) is 10.6 Å². The fraction of sp³-hybridized carbons (Fsp3) is 0.263. The van der Waals surface area contributed by atoms with E-state index in [0.29, 0.717) is 0 Å². The van der Waals surface area contributed by atoms with E-state index in [4.69, 9.17) is 4.98 Å². The van der Waals surface area contributed by atoms with Crippen LogP contribution in [0.2, 0.25) is 0 Å².